The van der Waals surface area contributed by atoms with Crippen LogP contribution in [0.15, 0.2) is 60.8 Å². The second kappa shape index (κ2) is 11.0. The Labute approximate surface area is 205 Å². The van der Waals surface area contributed by atoms with E-state index in [4.69, 9.17) is 16.3 Å². The van der Waals surface area contributed by atoms with E-state index in [-0.39, 0.29) is 17.4 Å². The normalized spacial score (nSPS) is 19.8. The first-order chi connectivity index (χ1) is 16.4. The summed E-state index contributed by atoms with van der Waals surface area (Å²) in [4.78, 5) is 29.5. The van der Waals surface area contributed by atoms with Gasteiger partial charge in [0.2, 0.25) is 5.91 Å². The summed E-state index contributed by atoms with van der Waals surface area (Å²) >= 11 is 6.38. The summed E-state index contributed by atoms with van der Waals surface area (Å²) in [5.74, 6) is -0.253. The third-order valence-corrected chi connectivity index (χ3v) is 7.02. The number of alkyl carbamates (subject to hydrolysis) is 1. The number of para-hydroxylation sites is 1. The Hall–Kier alpha value is -2.99. The van der Waals surface area contributed by atoms with Crippen molar-refractivity contribution < 1.29 is 14.3 Å². The van der Waals surface area contributed by atoms with E-state index < -0.39 is 11.6 Å². The average Bonchev–Trinajstić information content (AvgIpc) is 3.23. The molecule has 34 heavy (non-hydrogen) atoms. The first kappa shape index (κ1) is 24.1. The fourth-order valence-electron chi connectivity index (χ4n) is 4.58. The molecule has 0 radical (unpaired) electrons. The van der Waals surface area contributed by atoms with E-state index in [0.29, 0.717) is 19.4 Å². The van der Waals surface area contributed by atoms with Crippen LogP contribution in [0.4, 0.5) is 4.79 Å². The Morgan fingerprint density at radius 1 is 1.09 bits per heavy atom. The molecule has 3 atom stereocenters. The van der Waals surface area contributed by atoms with Crippen LogP contribution in [0, 0.1) is 0 Å². The minimum absolute atomic E-state index is 0.195. The molecule has 1 saturated carbocycles. The van der Waals surface area contributed by atoms with Gasteiger partial charge in [0.15, 0.2) is 0 Å². The van der Waals surface area contributed by atoms with Crippen molar-refractivity contribution in [3.8, 4) is 0 Å². The lowest BCUT2D eigenvalue weighted by molar-refractivity contribution is -0.127. The number of hydrogen-bond donors (Lipinski definition) is 3. The summed E-state index contributed by atoms with van der Waals surface area (Å²) in [7, 11) is 0. The highest BCUT2D eigenvalue weighted by molar-refractivity contribution is 6.21. The van der Waals surface area contributed by atoms with Gasteiger partial charge in [0.05, 0.1) is 5.38 Å². The van der Waals surface area contributed by atoms with E-state index in [1.54, 1.807) is 6.92 Å². The van der Waals surface area contributed by atoms with Crippen LogP contribution >= 0.6 is 11.6 Å². The SMILES string of the molecule is C[C@](Cc1c[nH]c2ccccc12)(NC(=O)OC1CCCCC1Cl)C(=O)NCCc1ccccc1. The average molecular weight is 482 g/mol. The lowest BCUT2D eigenvalue weighted by Crippen LogP contribution is -2.59. The molecule has 1 aliphatic rings. The molecule has 1 fully saturated rings. The minimum atomic E-state index is -1.20. The van der Waals surface area contributed by atoms with Gasteiger partial charge in [0.25, 0.3) is 0 Å². The zero-order valence-corrected chi connectivity index (χ0v) is 20.2. The number of benzene rings is 2. The Balaban J connectivity index is 1.48. The number of amides is 2. The van der Waals surface area contributed by atoms with Gasteiger partial charge >= 0.3 is 6.09 Å². The molecular weight excluding hydrogens is 450 g/mol. The Morgan fingerprint density at radius 2 is 1.82 bits per heavy atom. The van der Waals surface area contributed by atoms with E-state index in [1.807, 2.05) is 60.8 Å². The zero-order chi connectivity index (χ0) is 24.0. The van der Waals surface area contributed by atoms with Crippen LogP contribution in [-0.4, -0.2) is 40.5 Å². The van der Waals surface area contributed by atoms with Crippen LogP contribution in [0.5, 0.6) is 0 Å². The second-order valence-corrected chi connectivity index (χ2v) is 9.79. The lowest BCUT2D eigenvalue weighted by Gasteiger charge is -2.32. The smallest absolute Gasteiger partial charge is 0.408 e. The number of halogens is 1. The number of aromatic amines is 1. The molecule has 3 aromatic rings. The molecule has 0 bridgehead atoms. The number of ether oxygens (including phenoxy) is 1. The molecule has 7 heteroatoms. The van der Waals surface area contributed by atoms with Gasteiger partial charge in [0.1, 0.15) is 11.6 Å². The number of alkyl halides is 1. The van der Waals surface area contributed by atoms with Gasteiger partial charge in [-0.1, -0.05) is 55.0 Å². The van der Waals surface area contributed by atoms with E-state index >= 15 is 0 Å². The van der Waals surface area contributed by atoms with Gasteiger partial charge in [-0.25, -0.2) is 4.79 Å². The topological polar surface area (TPSA) is 83.2 Å². The molecule has 0 spiro atoms. The number of hydrogen-bond acceptors (Lipinski definition) is 3. The zero-order valence-electron chi connectivity index (χ0n) is 19.5. The number of fused-ring (bicyclic) bond motifs is 1. The van der Waals surface area contributed by atoms with Crippen molar-refractivity contribution in [3.63, 3.8) is 0 Å². The molecule has 1 aliphatic carbocycles. The highest BCUT2D eigenvalue weighted by atomic mass is 35.5. The van der Waals surface area contributed by atoms with Gasteiger partial charge in [-0.05, 0) is 49.8 Å². The molecule has 2 unspecified atom stereocenters. The molecule has 3 N–H and O–H groups in total. The van der Waals surface area contributed by atoms with Crippen molar-refractivity contribution in [1.82, 2.24) is 15.6 Å². The third kappa shape index (κ3) is 5.92. The van der Waals surface area contributed by atoms with Crippen LogP contribution in [0.2, 0.25) is 0 Å². The molecule has 6 nitrogen and oxygen atoms in total. The summed E-state index contributed by atoms with van der Waals surface area (Å²) in [5, 5.41) is 6.70. The Morgan fingerprint density at radius 3 is 2.62 bits per heavy atom. The van der Waals surface area contributed by atoms with Crippen LogP contribution in [0.1, 0.15) is 43.7 Å². The number of rotatable bonds is 8. The third-order valence-electron chi connectivity index (χ3n) is 6.52. The number of aromatic nitrogens is 1. The van der Waals surface area contributed by atoms with Gasteiger partial charge in [0, 0.05) is 30.1 Å². The van der Waals surface area contributed by atoms with E-state index in [9.17, 15) is 9.59 Å². The largest absolute Gasteiger partial charge is 0.445 e. The highest BCUT2D eigenvalue weighted by Crippen LogP contribution is 2.27. The molecule has 4 rings (SSSR count). The fraction of sp³-hybridized carbons (Fsp3) is 0.407. The minimum Gasteiger partial charge on any atom is -0.445 e. The van der Waals surface area contributed by atoms with Crippen LogP contribution in [0.25, 0.3) is 10.9 Å². The quantitative estimate of drug-likeness (QED) is 0.391. The van der Waals surface area contributed by atoms with E-state index in [2.05, 4.69) is 15.6 Å². The van der Waals surface area contributed by atoms with Crippen molar-refractivity contribution >= 4 is 34.5 Å². The molecule has 2 amide bonds. The summed E-state index contributed by atoms with van der Waals surface area (Å²) < 4.78 is 5.66. The van der Waals surface area contributed by atoms with E-state index in [0.717, 1.165) is 47.7 Å². The van der Waals surface area contributed by atoms with Gasteiger partial charge in [-0.2, -0.15) is 0 Å². The maximum Gasteiger partial charge on any atom is 0.408 e. The predicted molar refractivity (Wildman–Crippen MR) is 135 cm³/mol. The van der Waals surface area contributed by atoms with Crippen LogP contribution in [-0.2, 0) is 22.4 Å². The summed E-state index contributed by atoms with van der Waals surface area (Å²) in [6, 6.07) is 17.9. The summed E-state index contributed by atoms with van der Waals surface area (Å²) in [5.41, 5.74) is 1.87. The maximum absolute atomic E-state index is 13.4. The van der Waals surface area contributed by atoms with Gasteiger partial charge < -0.3 is 20.4 Å². The van der Waals surface area contributed by atoms with Crippen LogP contribution in [0.3, 0.4) is 0 Å². The number of carbonyl (C=O) groups excluding carboxylic acids is 2. The van der Waals surface area contributed by atoms with Crippen LogP contribution < -0.4 is 10.6 Å². The summed E-state index contributed by atoms with van der Waals surface area (Å²) in [6.45, 7) is 2.21. The molecule has 2 aromatic carbocycles. The maximum atomic E-state index is 13.4. The first-order valence-corrected chi connectivity index (χ1v) is 12.4. The highest BCUT2D eigenvalue weighted by Gasteiger charge is 2.37. The molecule has 1 heterocycles. The monoisotopic (exact) mass is 481 g/mol. The van der Waals surface area contributed by atoms with Crippen molar-refractivity contribution in [2.24, 2.45) is 0 Å². The van der Waals surface area contributed by atoms with Gasteiger partial charge in [-0.3, -0.25) is 4.79 Å². The number of carbonyl (C=O) groups is 2. The second-order valence-electron chi connectivity index (χ2n) is 9.23. The van der Waals surface area contributed by atoms with Crippen molar-refractivity contribution in [3.05, 3.63) is 71.9 Å². The fourth-order valence-corrected chi connectivity index (χ4v) is 4.91. The summed E-state index contributed by atoms with van der Waals surface area (Å²) in [6.07, 6.45) is 5.55. The van der Waals surface area contributed by atoms with Crippen molar-refractivity contribution in [2.75, 3.05) is 6.54 Å². The molecule has 180 valence electrons. The van der Waals surface area contributed by atoms with Gasteiger partial charge in [-0.15, -0.1) is 11.6 Å². The standard InChI is InChI=1S/C27H32ClN3O3/c1-27(17-20-18-30-23-13-7-5-11-21(20)23,25(32)29-16-15-19-9-3-2-4-10-19)31-26(33)34-24-14-8-6-12-22(24)28/h2-5,7,9-11,13,18,22,24,30H,6,8,12,14-17H2,1H3,(H,29,32)(H,31,33)/t22?,24?,27-/m1/s1. The Kier molecular flexibility index (Phi) is 7.78. The predicted octanol–water partition coefficient (Wildman–Crippen LogP) is 5.10. The van der Waals surface area contributed by atoms with E-state index in [1.165, 1.54) is 0 Å². The lowest BCUT2D eigenvalue weighted by atomic mass is 9.91. The first-order valence-electron chi connectivity index (χ1n) is 11.9. The van der Waals surface area contributed by atoms with Crippen molar-refractivity contribution in [2.45, 2.75) is 62.5 Å². The number of nitrogens with one attached hydrogen (secondary N) is 3. The molecular formula is C27H32ClN3O3. The Bertz CT molecular complexity index is 1120. The van der Waals surface area contributed by atoms with Crippen molar-refractivity contribution in [1.29, 1.82) is 0 Å². The molecule has 0 aliphatic heterocycles. The number of H-pyrrole nitrogens is 1. The molecule has 0 saturated heterocycles. The molecule has 1 aromatic heterocycles.